The number of piperidine rings is 1. The molecule has 2 aromatic carbocycles. The molecule has 2 aliphatic rings. The molecule has 4 rings (SSSR count). The fraction of sp³-hybridized carbons (Fsp3) is 0.364. The lowest BCUT2D eigenvalue weighted by atomic mass is 10.0. The maximum atomic E-state index is 13.7. The molecule has 2 unspecified atom stereocenters. The van der Waals surface area contributed by atoms with Crippen molar-refractivity contribution in [1.29, 1.82) is 0 Å². The lowest BCUT2D eigenvalue weighted by molar-refractivity contribution is -0.133. The van der Waals surface area contributed by atoms with Crippen molar-refractivity contribution in [1.82, 2.24) is 10.2 Å². The van der Waals surface area contributed by atoms with Crippen LogP contribution in [0.15, 0.2) is 42.5 Å². The van der Waals surface area contributed by atoms with Crippen molar-refractivity contribution in [2.75, 3.05) is 13.1 Å². The Hall–Kier alpha value is -2.83. The van der Waals surface area contributed by atoms with Crippen molar-refractivity contribution < 1.29 is 22.8 Å². The van der Waals surface area contributed by atoms with Crippen molar-refractivity contribution >= 4 is 11.8 Å². The van der Waals surface area contributed by atoms with E-state index < -0.39 is 23.4 Å². The first-order chi connectivity index (χ1) is 13.9. The van der Waals surface area contributed by atoms with Gasteiger partial charge in [0.25, 0.3) is 5.91 Å². The molecule has 0 bridgehead atoms. The van der Waals surface area contributed by atoms with E-state index in [0.717, 1.165) is 12.1 Å². The molecule has 1 saturated carbocycles. The van der Waals surface area contributed by atoms with Crippen LogP contribution >= 0.6 is 0 Å². The normalized spacial score (nSPS) is 21.7. The van der Waals surface area contributed by atoms with Crippen LogP contribution < -0.4 is 5.32 Å². The Morgan fingerprint density at radius 3 is 2.34 bits per heavy atom. The molecule has 152 valence electrons. The Morgan fingerprint density at radius 2 is 1.66 bits per heavy atom. The fourth-order valence-electron chi connectivity index (χ4n) is 3.97. The van der Waals surface area contributed by atoms with Crippen molar-refractivity contribution in [3.63, 3.8) is 0 Å². The van der Waals surface area contributed by atoms with Crippen LogP contribution in [0.1, 0.15) is 41.1 Å². The van der Waals surface area contributed by atoms with Gasteiger partial charge in [0, 0.05) is 25.0 Å². The molecule has 2 aromatic rings. The molecule has 29 heavy (non-hydrogen) atoms. The summed E-state index contributed by atoms with van der Waals surface area (Å²) in [6.07, 6.45) is 1.82. The maximum Gasteiger partial charge on any atom is 0.254 e. The first-order valence-corrected chi connectivity index (χ1v) is 9.73. The van der Waals surface area contributed by atoms with Crippen LogP contribution in [0, 0.1) is 23.4 Å². The van der Waals surface area contributed by atoms with E-state index in [0.29, 0.717) is 37.9 Å². The van der Waals surface area contributed by atoms with Gasteiger partial charge in [0.2, 0.25) is 5.91 Å². The number of hydrogen-bond acceptors (Lipinski definition) is 2. The van der Waals surface area contributed by atoms with E-state index in [4.69, 9.17) is 0 Å². The lowest BCUT2D eigenvalue weighted by Gasteiger charge is -2.32. The fourth-order valence-corrected chi connectivity index (χ4v) is 3.97. The predicted molar refractivity (Wildman–Crippen MR) is 101 cm³/mol. The quantitative estimate of drug-likeness (QED) is 0.849. The third-order valence-electron chi connectivity index (χ3n) is 5.74. The number of benzene rings is 2. The van der Waals surface area contributed by atoms with Crippen molar-refractivity contribution in [2.24, 2.45) is 5.92 Å². The van der Waals surface area contributed by atoms with E-state index in [1.165, 1.54) is 24.3 Å². The van der Waals surface area contributed by atoms with Crippen LogP contribution in [0.5, 0.6) is 0 Å². The molecule has 1 heterocycles. The van der Waals surface area contributed by atoms with Crippen LogP contribution in [0.4, 0.5) is 13.2 Å². The summed E-state index contributed by atoms with van der Waals surface area (Å²) >= 11 is 0. The van der Waals surface area contributed by atoms with Crippen LogP contribution in [-0.4, -0.2) is 35.8 Å². The summed E-state index contributed by atoms with van der Waals surface area (Å²) in [7, 11) is 0. The molecule has 2 amide bonds. The summed E-state index contributed by atoms with van der Waals surface area (Å²) in [5.74, 6) is -3.06. The molecular formula is C22H21F3N2O2. The molecular weight excluding hydrogens is 381 g/mol. The average molecular weight is 402 g/mol. The first-order valence-electron chi connectivity index (χ1n) is 9.73. The molecule has 2 atom stereocenters. The summed E-state index contributed by atoms with van der Waals surface area (Å²) in [4.78, 5) is 26.7. The van der Waals surface area contributed by atoms with Crippen molar-refractivity contribution in [3.8, 4) is 0 Å². The highest BCUT2D eigenvalue weighted by molar-refractivity contribution is 5.94. The highest BCUT2D eigenvalue weighted by Crippen LogP contribution is 2.48. The minimum absolute atomic E-state index is 0.0124. The second-order valence-electron chi connectivity index (χ2n) is 7.68. The molecule has 1 N–H and O–H groups in total. The van der Waals surface area contributed by atoms with E-state index in [9.17, 15) is 22.8 Å². The highest BCUT2D eigenvalue weighted by Gasteiger charge is 2.46. The SMILES string of the molecule is O=C(NC1CCN(C(=O)C2CC2c2ccc(F)c(F)c2)CC1)c1ccccc1F. The van der Waals surface area contributed by atoms with E-state index in [-0.39, 0.29) is 29.3 Å². The number of carbonyl (C=O) groups is 2. The second kappa shape index (κ2) is 7.89. The number of rotatable bonds is 4. The van der Waals surface area contributed by atoms with Crippen LogP contribution in [-0.2, 0) is 4.79 Å². The predicted octanol–water partition coefficient (Wildman–Crippen LogP) is 3.63. The Bertz CT molecular complexity index is 941. The van der Waals surface area contributed by atoms with Gasteiger partial charge in [-0.3, -0.25) is 9.59 Å². The topological polar surface area (TPSA) is 49.4 Å². The third-order valence-corrected chi connectivity index (χ3v) is 5.74. The maximum absolute atomic E-state index is 13.7. The summed E-state index contributed by atoms with van der Waals surface area (Å²) in [5, 5.41) is 2.83. The molecule has 1 saturated heterocycles. The third kappa shape index (κ3) is 4.13. The van der Waals surface area contributed by atoms with Gasteiger partial charge >= 0.3 is 0 Å². The van der Waals surface area contributed by atoms with Crippen LogP contribution in [0.2, 0.25) is 0 Å². The monoisotopic (exact) mass is 402 g/mol. The van der Waals surface area contributed by atoms with E-state index in [2.05, 4.69) is 5.32 Å². The zero-order valence-corrected chi connectivity index (χ0v) is 15.7. The lowest BCUT2D eigenvalue weighted by Crippen LogP contribution is -2.47. The van der Waals surface area contributed by atoms with Crippen molar-refractivity contribution in [3.05, 3.63) is 71.0 Å². The van der Waals surface area contributed by atoms with Gasteiger partial charge in [-0.15, -0.1) is 0 Å². The van der Waals surface area contributed by atoms with Gasteiger partial charge in [0.1, 0.15) is 5.82 Å². The van der Waals surface area contributed by atoms with E-state index in [1.807, 2.05) is 0 Å². The van der Waals surface area contributed by atoms with E-state index in [1.54, 1.807) is 11.0 Å². The standard InChI is InChI=1S/C22H21F3N2O2/c23-18-4-2-1-3-15(18)21(28)26-14-7-9-27(10-8-14)22(29)17-12-16(17)13-5-6-19(24)20(25)11-13/h1-6,11,14,16-17H,7-10,12H2,(H,26,28). The summed E-state index contributed by atoms with van der Waals surface area (Å²) < 4.78 is 40.2. The van der Waals surface area contributed by atoms with Gasteiger partial charge in [0.15, 0.2) is 11.6 Å². The largest absolute Gasteiger partial charge is 0.349 e. The van der Waals surface area contributed by atoms with Gasteiger partial charge in [-0.2, -0.15) is 0 Å². The molecule has 0 spiro atoms. The van der Waals surface area contributed by atoms with Crippen LogP contribution in [0.3, 0.4) is 0 Å². The van der Waals surface area contributed by atoms with Gasteiger partial charge < -0.3 is 10.2 Å². The summed E-state index contributed by atoms with van der Waals surface area (Å²) in [5.41, 5.74) is 0.660. The number of halogens is 3. The van der Waals surface area contributed by atoms with Crippen LogP contribution in [0.25, 0.3) is 0 Å². The molecule has 4 nitrogen and oxygen atoms in total. The van der Waals surface area contributed by atoms with Gasteiger partial charge in [-0.05, 0) is 55.0 Å². The number of carbonyl (C=O) groups excluding carboxylic acids is 2. The zero-order chi connectivity index (χ0) is 20.5. The number of nitrogens with one attached hydrogen (secondary N) is 1. The summed E-state index contributed by atoms with van der Waals surface area (Å²) in [6.45, 7) is 1.00. The summed E-state index contributed by atoms with van der Waals surface area (Å²) in [6, 6.07) is 9.49. The first kappa shape index (κ1) is 19.5. The van der Waals surface area contributed by atoms with E-state index >= 15 is 0 Å². The Morgan fingerprint density at radius 1 is 0.931 bits per heavy atom. The number of amides is 2. The molecule has 1 aliphatic heterocycles. The molecule has 0 radical (unpaired) electrons. The molecule has 0 aromatic heterocycles. The minimum Gasteiger partial charge on any atom is -0.349 e. The Labute approximate surface area is 166 Å². The minimum atomic E-state index is -0.896. The molecule has 1 aliphatic carbocycles. The Kier molecular flexibility index (Phi) is 5.30. The average Bonchev–Trinajstić information content (AvgIpc) is 3.51. The Balaban J connectivity index is 1.29. The smallest absolute Gasteiger partial charge is 0.254 e. The van der Waals surface area contributed by atoms with Gasteiger partial charge in [-0.1, -0.05) is 18.2 Å². The van der Waals surface area contributed by atoms with Crippen molar-refractivity contribution in [2.45, 2.75) is 31.2 Å². The molecule has 7 heteroatoms. The van der Waals surface area contributed by atoms with Gasteiger partial charge in [-0.25, -0.2) is 13.2 Å². The second-order valence-corrected chi connectivity index (χ2v) is 7.68. The highest BCUT2D eigenvalue weighted by atomic mass is 19.2. The zero-order valence-electron chi connectivity index (χ0n) is 15.7. The number of likely N-dealkylation sites (tertiary alicyclic amines) is 1. The van der Waals surface area contributed by atoms with Gasteiger partial charge in [0.05, 0.1) is 5.56 Å². The number of nitrogens with zero attached hydrogens (tertiary/aromatic N) is 1. The number of hydrogen-bond donors (Lipinski definition) is 1. The molecule has 2 fully saturated rings.